The number of carbonyl (C=O) groups is 1. The van der Waals surface area contributed by atoms with E-state index < -0.39 is 5.60 Å². The fraction of sp³-hybridized carbons (Fsp3) is 0.588. The Bertz CT molecular complexity index is 496. The lowest BCUT2D eigenvalue weighted by Gasteiger charge is -2.37. The minimum Gasteiger partial charge on any atom is -0.444 e. The standard InChI is InChI=1S/C17H25BrN2O2/c1-17(2,3)22-16(21)20-11-5-4-6-15(20)12-19-14-9-7-13(18)8-10-14/h7-10,15,19H,4-6,11-12H2,1-3H3. The van der Waals surface area contributed by atoms with Crippen LogP contribution in [-0.4, -0.2) is 35.7 Å². The predicted molar refractivity (Wildman–Crippen MR) is 93.2 cm³/mol. The lowest BCUT2D eigenvalue weighted by molar-refractivity contribution is 0.0114. The first kappa shape index (κ1) is 17.1. The van der Waals surface area contributed by atoms with E-state index in [-0.39, 0.29) is 12.1 Å². The molecule has 0 spiro atoms. The summed E-state index contributed by atoms with van der Waals surface area (Å²) in [5.41, 5.74) is 0.621. The molecule has 1 aliphatic rings. The summed E-state index contributed by atoms with van der Waals surface area (Å²) in [6.07, 6.45) is 3.03. The highest BCUT2D eigenvalue weighted by molar-refractivity contribution is 9.10. The van der Waals surface area contributed by atoms with E-state index in [0.29, 0.717) is 0 Å². The number of piperidine rings is 1. The van der Waals surface area contributed by atoms with Gasteiger partial charge in [-0.05, 0) is 64.3 Å². The van der Waals surface area contributed by atoms with E-state index in [0.717, 1.165) is 42.5 Å². The molecule has 1 atom stereocenters. The second-order valence-electron chi connectivity index (χ2n) is 6.71. The number of hydrogen-bond donors (Lipinski definition) is 1. The molecular weight excluding hydrogens is 344 g/mol. The van der Waals surface area contributed by atoms with Crippen LogP contribution in [0.15, 0.2) is 28.7 Å². The van der Waals surface area contributed by atoms with Crippen molar-refractivity contribution in [2.75, 3.05) is 18.4 Å². The van der Waals surface area contributed by atoms with Crippen LogP contribution in [0.4, 0.5) is 10.5 Å². The second-order valence-corrected chi connectivity index (χ2v) is 7.63. The van der Waals surface area contributed by atoms with Crippen LogP contribution in [0.2, 0.25) is 0 Å². The monoisotopic (exact) mass is 368 g/mol. The Labute approximate surface area is 141 Å². The third-order valence-electron chi connectivity index (χ3n) is 3.64. The predicted octanol–water partition coefficient (Wildman–Crippen LogP) is 4.65. The smallest absolute Gasteiger partial charge is 0.410 e. The average Bonchev–Trinajstić information content (AvgIpc) is 2.45. The molecule has 0 aliphatic carbocycles. The fourth-order valence-electron chi connectivity index (χ4n) is 2.58. The quantitative estimate of drug-likeness (QED) is 0.843. The molecule has 1 aromatic rings. The number of benzene rings is 1. The van der Waals surface area contributed by atoms with Gasteiger partial charge in [0, 0.05) is 23.2 Å². The number of anilines is 1. The van der Waals surface area contributed by atoms with E-state index in [4.69, 9.17) is 4.74 Å². The first-order valence-corrected chi connectivity index (χ1v) is 8.63. The van der Waals surface area contributed by atoms with E-state index in [1.54, 1.807) is 0 Å². The molecule has 0 radical (unpaired) electrons. The molecule has 1 N–H and O–H groups in total. The first-order chi connectivity index (χ1) is 10.3. The molecule has 0 saturated carbocycles. The third kappa shape index (κ3) is 5.20. The molecule has 4 nitrogen and oxygen atoms in total. The van der Waals surface area contributed by atoms with Crippen molar-refractivity contribution in [1.29, 1.82) is 0 Å². The highest BCUT2D eigenvalue weighted by atomic mass is 79.9. The maximum atomic E-state index is 12.3. The molecular formula is C17H25BrN2O2. The summed E-state index contributed by atoms with van der Waals surface area (Å²) < 4.78 is 6.59. The van der Waals surface area contributed by atoms with Gasteiger partial charge in [-0.3, -0.25) is 0 Å². The number of halogens is 1. The van der Waals surface area contributed by atoms with Crippen molar-refractivity contribution >= 4 is 27.7 Å². The Balaban J connectivity index is 1.94. The van der Waals surface area contributed by atoms with Gasteiger partial charge < -0.3 is 15.0 Å². The van der Waals surface area contributed by atoms with E-state index in [9.17, 15) is 4.79 Å². The van der Waals surface area contributed by atoms with Crippen molar-refractivity contribution in [3.8, 4) is 0 Å². The van der Waals surface area contributed by atoms with Gasteiger partial charge in [-0.15, -0.1) is 0 Å². The van der Waals surface area contributed by atoms with Gasteiger partial charge >= 0.3 is 6.09 Å². The lowest BCUT2D eigenvalue weighted by atomic mass is 10.0. The molecule has 1 fully saturated rings. The Morgan fingerprint density at radius 2 is 2.00 bits per heavy atom. The largest absolute Gasteiger partial charge is 0.444 e. The zero-order valence-corrected chi connectivity index (χ0v) is 15.1. The highest BCUT2D eigenvalue weighted by Gasteiger charge is 2.30. The number of nitrogens with one attached hydrogen (secondary N) is 1. The van der Waals surface area contributed by atoms with Crippen LogP contribution in [0.1, 0.15) is 40.0 Å². The molecule has 1 saturated heterocycles. The van der Waals surface area contributed by atoms with Crippen molar-refractivity contribution < 1.29 is 9.53 Å². The summed E-state index contributed by atoms with van der Waals surface area (Å²) >= 11 is 3.43. The Hall–Kier alpha value is -1.23. The maximum Gasteiger partial charge on any atom is 0.410 e. The minimum atomic E-state index is -0.446. The van der Waals surface area contributed by atoms with E-state index in [1.165, 1.54) is 0 Å². The minimum absolute atomic E-state index is 0.187. The van der Waals surface area contributed by atoms with Crippen LogP contribution in [0.25, 0.3) is 0 Å². The van der Waals surface area contributed by atoms with Gasteiger partial charge in [-0.2, -0.15) is 0 Å². The average molecular weight is 369 g/mol. The second kappa shape index (κ2) is 7.36. The number of rotatable bonds is 3. The van der Waals surface area contributed by atoms with Gasteiger partial charge in [0.1, 0.15) is 5.60 Å². The fourth-order valence-corrected chi connectivity index (χ4v) is 2.84. The zero-order valence-electron chi connectivity index (χ0n) is 13.6. The Morgan fingerprint density at radius 3 is 2.64 bits per heavy atom. The van der Waals surface area contributed by atoms with E-state index >= 15 is 0 Å². The van der Waals surface area contributed by atoms with Gasteiger partial charge in [0.05, 0.1) is 6.04 Å². The Morgan fingerprint density at radius 1 is 1.32 bits per heavy atom. The molecule has 1 unspecified atom stereocenters. The SMILES string of the molecule is CC(C)(C)OC(=O)N1CCCCC1CNc1ccc(Br)cc1. The van der Waals surface area contributed by atoms with E-state index in [2.05, 4.69) is 21.2 Å². The number of amides is 1. The number of likely N-dealkylation sites (tertiary alicyclic amines) is 1. The van der Waals surface area contributed by atoms with Crippen molar-refractivity contribution in [1.82, 2.24) is 4.90 Å². The summed E-state index contributed by atoms with van der Waals surface area (Å²) in [5.74, 6) is 0. The Kier molecular flexibility index (Phi) is 5.73. The maximum absolute atomic E-state index is 12.3. The summed E-state index contributed by atoms with van der Waals surface area (Å²) in [6, 6.07) is 8.27. The van der Waals surface area contributed by atoms with Crippen LogP contribution in [0.5, 0.6) is 0 Å². The topological polar surface area (TPSA) is 41.6 Å². The number of carbonyl (C=O) groups excluding carboxylic acids is 1. The molecule has 122 valence electrons. The molecule has 0 bridgehead atoms. The molecule has 5 heteroatoms. The number of ether oxygens (including phenoxy) is 1. The van der Waals surface area contributed by atoms with Crippen LogP contribution in [-0.2, 0) is 4.74 Å². The molecule has 1 heterocycles. The first-order valence-electron chi connectivity index (χ1n) is 7.84. The third-order valence-corrected chi connectivity index (χ3v) is 4.17. The van der Waals surface area contributed by atoms with Gasteiger partial charge in [0.2, 0.25) is 0 Å². The van der Waals surface area contributed by atoms with E-state index in [1.807, 2.05) is 49.9 Å². The van der Waals surface area contributed by atoms with Gasteiger partial charge in [-0.25, -0.2) is 4.79 Å². The van der Waals surface area contributed by atoms with Crippen LogP contribution >= 0.6 is 15.9 Å². The van der Waals surface area contributed by atoms with Crippen LogP contribution in [0.3, 0.4) is 0 Å². The molecule has 1 amide bonds. The number of hydrogen-bond acceptors (Lipinski definition) is 3. The molecule has 2 rings (SSSR count). The van der Waals surface area contributed by atoms with Crippen molar-refractivity contribution in [2.24, 2.45) is 0 Å². The summed E-state index contributed by atoms with van der Waals surface area (Å²) in [7, 11) is 0. The summed E-state index contributed by atoms with van der Waals surface area (Å²) in [4.78, 5) is 14.2. The van der Waals surface area contributed by atoms with Crippen LogP contribution < -0.4 is 5.32 Å². The van der Waals surface area contributed by atoms with Crippen molar-refractivity contribution in [3.05, 3.63) is 28.7 Å². The van der Waals surface area contributed by atoms with Crippen molar-refractivity contribution in [3.63, 3.8) is 0 Å². The van der Waals surface area contributed by atoms with Gasteiger partial charge in [0.25, 0.3) is 0 Å². The summed E-state index contributed by atoms with van der Waals surface area (Å²) in [6.45, 7) is 7.25. The molecule has 22 heavy (non-hydrogen) atoms. The van der Waals surface area contributed by atoms with Gasteiger partial charge in [-0.1, -0.05) is 15.9 Å². The molecule has 0 aromatic heterocycles. The molecule has 1 aliphatic heterocycles. The molecule has 1 aromatic carbocycles. The highest BCUT2D eigenvalue weighted by Crippen LogP contribution is 2.21. The van der Waals surface area contributed by atoms with Crippen LogP contribution in [0, 0.1) is 0 Å². The summed E-state index contributed by atoms with van der Waals surface area (Å²) in [5, 5.41) is 3.42. The normalized spacial score (nSPS) is 18.9. The van der Waals surface area contributed by atoms with Gasteiger partial charge in [0.15, 0.2) is 0 Å². The zero-order chi connectivity index (χ0) is 16.2. The van der Waals surface area contributed by atoms with Crippen molar-refractivity contribution in [2.45, 2.75) is 51.7 Å². The number of nitrogens with zero attached hydrogens (tertiary/aromatic N) is 1. The lowest BCUT2D eigenvalue weighted by Crippen LogP contribution is -2.48.